The fraction of sp³-hybridized carbons (Fsp3) is 0.250. The Labute approximate surface area is 113 Å². The zero-order valence-corrected chi connectivity index (χ0v) is 10.6. The van der Waals surface area contributed by atoms with E-state index in [9.17, 15) is 4.79 Å². The van der Waals surface area contributed by atoms with Gasteiger partial charge in [-0.1, -0.05) is 16.7 Å². The van der Waals surface area contributed by atoms with Crippen LogP contribution in [0.3, 0.4) is 0 Å². The predicted octanol–water partition coefficient (Wildman–Crippen LogP) is 2.43. The number of benzene rings is 1. The highest BCUT2D eigenvalue weighted by Gasteiger charge is 2.29. The van der Waals surface area contributed by atoms with Crippen LogP contribution < -0.4 is 11.1 Å². The van der Waals surface area contributed by atoms with Gasteiger partial charge in [0, 0.05) is 11.5 Å². The second-order valence-corrected chi connectivity index (χ2v) is 4.82. The number of aromatic nitrogens is 2. The summed E-state index contributed by atoms with van der Waals surface area (Å²) in [5.74, 6) is 0.560. The highest BCUT2D eigenvalue weighted by Crippen LogP contribution is 2.39. The van der Waals surface area contributed by atoms with E-state index >= 15 is 0 Å². The van der Waals surface area contributed by atoms with Crippen LogP contribution in [0.25, 0.3) is 0 Å². The molecule has 3 N–H and O–H groups in total. The highest BCUT2D eigenvalue weighted by molar-refractivity contribution is 6.33. The first-order valence-corrected chi connectivity index (χ1v) is 6.21. The molecule has 1 saturated carbocycles. The number of hydrogen-bond acceptors (Lipinski definition) is 5. The van der Waals surface area contributed by atoms with Gasteiger partial charge in [0.2, 0.25) is 5.89 Å². The third kappa shape index (κ3) is 2.53. The fourth-order valence-electron chi connectivity index (χ4n) is 1.63. The summed E-state index contributed by atoms with van der Waals surface area (Å²) in [4.78, 5) is 11.9. The number of nitrogens with one attached hydrogen (secondary N) is 1. The number of carbonyl (C=O) groups is 1. The molecule has 19 heavy (non-hydrogen) atoms. The van der Waals surface area contributed by atoms with Crippen molar-refractivity contribution in [3.05, 3.63) is 34.7 Å². The van der Waals surface area contributed by atoms with Crippen LogP contribution in [0.15, 0.2) is 22.6 Å². The second-order valence-electron chi connectivity index (χ2n) is 4.41. The molecule has 3 rings (SSSR count). The molecule has 0 bridgehead atoms. The zero-order valence-electron chi connectivity index (χ0n) is 9.89. The molecule has 0 saturated heterocycles. The minimum Gasteiger partial charge on any atom is -0.408 e. The molecule has 1 amide bonds. The second kappa shape index (κ2) is 4.55. The Kier molecular flexibility index (Phi) is 2.87. The van der Waals surface area contributed by atoms with Gasteiger partial charge in [0.05, 0.1) is 10.7 Å². The zero-order chi connectivity index (χ0) is 13.4. The maximum absolute atomic E-state index is 11.9. The van der Waals surface area contributed by atoms with Crippen LogP contribution in [0.4, 0.5) is 11.7 Å². The van der Waals surface area contributed by atoms with Crippen molar-refractivity contribution in [1.29, 1.82) is 0 Å². The lowest BCUT2D eigenvalue weighted by Gasteiger charge is -2.03. The molecule has 1 aliphatic carbocycles. The van der Waals surface area contributed by atoms with Crippen molar-refractivity contribution in [2.45, 2.75) is 18.8 Å². The Morgan fingerprint density at radius 1 is 1.42 bits per heavy atom. The molecule has 1 aromatic carbocycles. The van der Waals surface area contributed by atoms with Gasteiger partial charge < -0.3 is 10.2 Å². The third-order valence-corrected chi connectivity index (χ3v) is 3.19. The van der Waals surface area contributed by atoms with Gasteiger partial charge in [-0.15, -0.1) is 5.10 Å². The van der Waals surface area contributed by atoms with E-state index in [1.165, 1.54) is 6.07 Å². The van der Waals surface area contributed by atoms with E-state index in [4.69, 9.17) is 21.8 Å². The molecule has 1 heterocycles. The number of amides is 1. The summed E-state index contributed by atoms with van der Waals surface area (Å²) in [5.41, 5.74) is 6.37. The van der Waals surface area contributed by atoms with E-state index in [1.807, 2.05) is 0 Å². The Balaban J connectivity index is 1.74. The molecule has 1 aliphatic rings. The van der Waals surface area contributed by atoms with Crippen molar-refractivity contribution < 1.29 is 9.21 Å². The smallest absolute Gasteiger partial charge is 0.322 e. The molecule has 1 aromatic heterocycles. The Hall–Kier alpha value is -2.08. The molecule has 7 heteroatoms. The molecule has 98 valence electrons. The van der Waals surface area contributed by atoms with Crippen LogP contribution in [0.1, 0.15) is 35.0 Å². The molecule has 0 unspecified atom stereocenters. The van der Waals surface area contributed by atoms with Crippen molar-refractivity contribution >= 4 is 29.2 Å². The van der Waals surface area contributed by atoms with Crippen LogP contribution in [0, 0.1) is 0 Å². The molecule has 0 spiro atoms. The standard InChI is InChI=1S/C12H11ClN4O2/c13-8-4-3-7(5-9(8)14)10(18)15-12-17-16-11(19-12)6-1-2-6/h3-6H,1-2,14H2,(H,15,17,18). The Morgan fingerprint density at radius 2 is 2.21 bits per heavy atom. The van der Waals surface area contributed by atoms with Gasteiger partial charge in [-0.3, -0.25) is 10.1 Å². The van der Waals surface area contributed by atoms with Crippen LogP contribution in [0.5, 0.6) is 0 Å². The number of nitrogen functional groups attached to an aromatic ring is 1. The summed E-state index contributed by atoms with van der Waals surface area (Å²) >= 11 is 5.79. The maximum Gasteiger partial charge on any atom is 0.322 e. The summed E-state index contributed by atoms with van der Waals surface area (Å²) in [6, 6.07) is 4.73. The number of rotatable bonds is 3. The molecule has 0 radical (unpaired) electrons. The lowest BCUT2D eigenvalue weighted by Crippen LogP contribution is -2.12. The number of hydrogen-bond donors (Lipinski definition) is 2. The van der Waals surface area contributed by atoms with Gasteiger partial charge in [-0.05, 0) is 31.0 Å². The van der Waals surface area contributed by atoms with Crippen molar-refractivity contribution in [1.82, 2.24) is 10.2 Å². The molecule has 2 aromatic rings. The van der Waals surface area contributed by atoms with E-state index < -0.39 is 0 Å². The number of nitrogens with two attached hydrogens (primary N) is 1. The summed E-state index contributed by atoms with van der Waals surface area (Å²) in [5, 5.41) is 10.6. The highest BCUT2D eigenvalue weighted by atomic mass is 35.5. The van der Waals surface area contributed by atoms with Crippen molar-refractivity contribution in [3.63, 3.8) is 0 Å². The Bertz CT molecular complexity index is 636. The minimum atomic E-state index is -0.366. The van der Waals surface area contributed by atoms with E-state index in [0.29, 0.717) is 28.1 Å². The molecular weight excluding hydrogens is 268 g/mol. The first-order valence-electron chi connectivity index (χ1n) is 5.83. The first-order chi connectivity index (χ1) is 9.13. The van der Waals surface area contributed by atoms with Gasteiger partial charge in [-0.25, -0.2) is 0 Å². The van der Waals surface area contributed by atoms with Gasteiger partial charge in [0.25, 0.3) is 5.91 Å². The van der Waals surface area contributed by atoms with Crippen molar-refractivity contribution in [2.75, 3.05) is 11.1 Å². The number of nitrogens with zero attached hydrogens (tertiary/aromatic N) is 2. The summed E-state index contributed by atoms with van der Waals surface area (Å²) in [6.07, 6.45) is 2.12. The van der Waals surface area contributed by atoms with E-state index in [0.717, 1.165) is 12.8 Å². The van der Waals surface area contributed by atoms with Crippen LogP contribution in [0.2, 0.25) is 5.02 Å². The third-order valence-electron chi connectivity index (χ3n) is 2.85. The van der Waals surface area contributed by atoms with Crippen LogP contribution >= 0.6 is 11.6 Å². The van der Waals surface area contributed by atoms with Gasteiger partial charge in [0.1, 0.15) is 0 Å². The summed E-state index contributed by atoms with van der Waals surface area (Å²) < 4.78 is 5.34. The lowest BCUT2D eigenvalue weighted by atomic mass is 10.2. The van der Waals surface area contributed by atoms with E-state index in [-0.39, 0.29) is 11.9 Å². The number of anilines is 2. The maximum atomic E-state index is 11.9. The van der Waals surface area contributed by atoms with Crippen molar-refractivity contribution in [2.24, 2.45) is 0 Å². The molecular formula is C12H11ClN4O2. The summed E-state index contributed by atoms with van der Waals surface area (Å²) in [6.45, 7) is 0. The SMILES string of the molecule is Nc1cc(C(=O)Nc2nnc(C3CC3)o2)ccc1Cl. The van der Waals surface area contributed by atoms with E-state index in [2.05, 4.69) is 15.5 Å². The van der Waals surface area contributed by atoms with Gasteiger partial charge in [-0.2, -0.15) is 0 Å². The monoisotopic (exact) mass is 278 g/mol. The number of carbonyl (C=O) groups excluding carboxylic acids is 1. The molecule has 1 fully saturated rings. The normalized spacial score (nSPS) is 14.4. The first kappa shape index (κ1) is 12.0. The Morgan fingerprint density at radius 3 is 2.89 bits per heavy atom. The summed E-state index contributed by atoms with van der Waals surface area (Å²) in [7, 11) is 0. The van der Waals surface area contributed by atoms with E-state index in [1.54, 1.807) is 12.1 Å². The topological polar surface area (TPSA) is 94.0 Å². The number of halogens is 1. The average molecular weight is 279 g/mol. The molecule has 6 nitrogen and oxygen atoms in total. The molecule has 0 aliphatic heterocycles. The fourth-order valence-corrected chi connectivity index (χ4v) is 1.75. The molecule has 0 atom stereocenters. The largest absolute Gasteiger partial charge is 0.408 e. The van der Waals surface area contributed by atoms with Crippen LogP contribution in [-0.2, 0) is 0 Å². The lowest BCUT2D eigenvalue weighted by molar-refractivity contribution is 0.102. The van der Waals surface area contributed by atoms with Gasteiger partial charge >= 0.3 is 6.01 Å². The average Bonchev–Trinajstić information content (AvgIpc) is 3.14. The van der Waals surface area contributed by atoms with Gasteiger partial charge in [0.15, 0.2) is 0 Å². The predicted molar refractivity (Wildman–Crippen MR) is 70.1 cm³/mol. The van der Waals surface area contributed by atoms with Crippen LogP contribution in [-0.4, -0.2) is 16.1 Å². The minimum absolute atomic E-state index is 0.0976. The van der Waals surface area contributed by atoms with Crippen molar-refractivity contribution in [3.8, 4) is 0 Å². The quantitative estimate of drug-likeness (QED) is 0.841.